The van der Waals surface area contributed by atoms with Gasteiger partial charge < -0.3 is 4.90 Å². The van der Waals surface area contributed by atoms with Crippen LogP contribution in [0.5, 0.6) is 0 Å². The molecule has 1 heterocycles. The monoisotopic (exact) mass is 195 g/mol. The summed E-state index contributed by atoms with van der Waals surface area (Å²) < 4.78 is 0. The van der Waals surface area contributed by atoms with Crippen molar-refractivity contribution in [1.29, 1.82) is 0 Å². The van der Waals surface area contributed by atoms with Crippen molar-refractivity contribution < 1.29 is 0 Å². The van der Waals surface area contributed by atoms with Gasteiger partial charge in [0, 0.05) is 11.9 Å². The van der Waals surface area contributed by atoms with Crippen molar-refractivity contribution in [1.82, 2.24) is 4.90 Å². The van der Waals surface area contributed by atoms with Crippen LogP contribution in [0.2, 0.25) is 0 Å². The first-order chi connectivity index (χ1) is 6.25. The molecule has 1 aliphatic rings. The van der Waals surface area contributed by atoms with Crippen LogP contribution in [0.1, 0.15) is 20.8 Å². The molecule has 72 valence electrons. The largest absolute Gasteiger partial charge is 0.315 e. The second-order valence-electron chi connectivity index (χ2n) is 2.22. The Labute approximate surface area is 85.5 Å². The van der Waals surface area contributed by atoms with Gasteiger partial charge in [0.15, 0.2) is 0 Å². The highest BCUT2D eigenvalue weighted by molar-refractivity contribution is 8.06. The van der Waals surface area contributed by atoms with Gasteiger partial charge >= 0.3 is 0 Å². The first-order valence-corrected chi connectivity index (χ1v) is 5.24. The molecule has 1 rings (SSSR count). The van der Waals surface area contributed by atoms with E-state index in [1.165, 1.54) is 5.70 Å². The molecule has 0 aromatic rings. The van der Waals surface area contributed by atoms with E-state index in [0.29, 0.717) is 0 Å². The van der Waals surface area contributed by atoms with Crippen LogP contribution in [0.25, 0.3) is 0 Å². The predicted molar refractivity (Wildman–Crippen MR) is 63.0 cm³/mol. The molecule has 13 heavy (non-hydrogen) atoms. The third kappa shape index (κ3) is 3.55. The molecular formula is C11H17NS. The SMILES string of the molecule is C=C/C=C\N1C(=C)SC=C1C.CC. The van der Waals surface area contributed by atoms with E-state index in [1.54, 1.807) is 17.8 Å². The van der Waals surface area contributed by atoms with Crippen molar-refractivity contribution in [2.75, 3.05) is 0 Å². The molecule has 0 saturated carbocycles. The molecule has 0 radical (unpaired) electrons. The first kappa shape index (κ1) is 12.1. The molecule has 0 spiro atoms. The smallest absolute Gasteiger partial charge is 0.0760 e. The summed E-state index contributed by atoms with van der Waals surface area (Å²) in [5, 5.41) is 3.12. The predicted octanol–water partition coefficient (Wildman–Crippen LogP) is 4.09. The molecule has 0 bridgehead atoms. The van der Waals surface area contributed by atoms with Crippen LogP contribution in [-0.2, 0) is 0 Å². The Kier molecular flexibility index (Phi) is 6.15. The summed E-state index contributed by atoms with van der Waals surface area (Å²) in [6, 6.07) is 0. The van der Waals surface area contributed by atoms with Crippen molar-refractivity contribution in [2.45, 2.75) is 20.8 Å². The van der Waals surface area contributed by atoms with Gasteiger partial charge in [0.05, 0.1) is 5.03 Å². The van der Waals surface area contributed by atoms with Gasteiger partial charge in [-0.05, 0) is 18.4 Å². The van der Waals surface area contributed by atoms with Gasteiger partial charge in [-0.15, -0.1) is 0 Å². The van der Waals surface area contributed by atoms with Crippen molar-refractivity contribution in [3.8, 4) is 0 Å². The Bertz CT molecular complexity index is 238. The second kappa shape index (κ2) is 6.61. The molecule has 0 amide bonds. The van der Waals surface area contributed by atoms with E-state index in [0.717, 1.165) is 5.03 Å². The van der Waals surface area contributed by atoms with Crippen molar-refractivity contribution >= 4 is 11.8 Å². The average molecular weight is 195 g/mol. The van der Waals surface area contributed by atoms with Gasteiger partial charge in [0.2, 0.25) is 0 Å². The number of nitrogens with zero attached hydrogens (tertiary/aromatic N) is 1. The summed E-state index contributed by atoms with van der Waals surface area (Å²) in [6.45, 7) is 13.5. The van der Waals surface area contributed by atoms with E-state index >= 15 is 0 Å². The lowest BCUT2D eigenvalue weighted by molar-refractivity contribution is 0.629. The van der Waals surface area contributed by atoms with Gasteiger partial charge in [0.1, 0.15) is 0 Å². The van der Waals surface area contributed by atoms with E-state index in [9.17, 15) is 0 Å². The zero-order chi connectivity index (χ0) is 10.3. The highest BCUT2D eigenvalue weighted by Crippen LogP contribution is 2.32. The molecule has 0 atom stereocenters. The molecule has 0 N–H and O–H groups in total. The summed E-state index contributed by atoms with van der Waals surface area (Å²) in [5.74, 6) is 0. The number of hydrogen-bond acceptors (Lipinski definition) is 2. The highest BCUT2D eigenvalue weighted by atomic mass is 32.2. The highest BCUT2D eigenvalue weighted by Gasteiger charge is 2.11. The minimum atomic E-state index is 1.04. The van der Waals surface area contributed by atoms with Crippen LogP contribution in [0.3, 0.4) is 0 Å². The van der Waals surface area contributed by atoms with Gasteiger partial charge in [-0.2, -0.15) is 0 Å². The lowest BCUT2D eigenvalue weighted by atomic mass is 10.4. The lowest BCUT2D eigenvalue weighted by Gasteiger charge is -2.14. The second-order valence-corrected chi connectivity index (χ2v) is 3.16. The topological polar surface area (TPSA) is 3.24 Å². The fourth-order valence-electron chi connectivity index (χ4n) is 0.811. The van der Waals surface area contributed by atoms with Crippen molar-refractivity contribution in [3.63, 3.8) is 0 Å². The van der Waals surface area contributed by atoms with Crippen molar-refractivity contribution in [2.24, 2.45) is 0 Å². The Morgan fingerprint density at radius 1 is 1.46 bits per heavy atom. The fourth-order valence-corrected chi connectivity index (χ4v) is 1.55. The van der Waals surface area contributed by atoms with Gasteiger partial charge in [-0.25, -0.2) is 0 Å². The molecule has 0 aromatic carbocycles. The third-order valence-corrected chi connectivity index (χ3v) is 2.31. The van der Waals surface area contributed by atoms with Gasteiger partial charge in [-0.3, -0.25) is 0 Å². The molecule has 0 aromatic heterocycles. The zero-order valence-electron chi connectivity index (χ0n) is 8.58. The van der Waals surface area contributed by atoms with Crippen LogP contribution in [-0.4, -0.2) is 4.90 Å². The molecule has 0 aliphatic carbocycles. The van der Waals surface area contributed by atoms with Crippen LogP contribution in [0, 0.1) is 0 Å². The number of allylic oxidation sites excluding steroid dienone is 3. The molecular weight excluding hydrogens is 178 g/mol. The summed E-state index contributed by atoms with van der Waals surface area (Å²) in [5.41, 5.74) is 1.21. The maximum Gasteiger partial charge on any atom is 0.0760 e. The molecule has 2 heteroatoms. The number of rotatable bonds is 2. The van der Waals surface area contributed by atoms with Crippen LogP contribution >= 0.6 is 11.8 Å². The zero-order valence-corrected chi connectivity index (χ0v) is 9.40. The van der Waals surface area contributed by atoms with E-state index in [2.05, 4.69) is 25.5 Å². The normalized spacial score (nSPS) is 15.5. The molecule has 1 aliphatic heterocycles. The van der Waals surface area contributed by atoms with Gasteiger partial charge in [0.25, 0.3) is 0 Å². The first-order valence-electron chi connectivity index (χ1n) is 4.36. The number of thioether (sulfide) groups is 1. The van der Waals surface area contributed by atoms with E-state index < -0.39 is 0 Å². The Morgan fingerprint density at radius 2 is 2.08 bits per heavy atom. The van der Waals surface area contributed by atoms with E-state index in [4.69, 9.17) is 0 Å². The summed E-state index contributed by atoms with van der Waals surface area (Å²) in [4.78, 5) is 2.03. The van der Waals surface area contributed by atoms with E-state index in [1.807, 2.05) is 31.0 Å². The number of hydrogen-bond donors (Lipinski definition) is 0. The maximum absolute atomic E-state index is 3.89. The summed E-state index contributed by atoms with van der Waals surface area (Å²) in [7, 11) is 0. The fraction of sp³-hybridized carbons (Fsp3) is 0.273. The van der Waals surface area contributed by atoms with Gasteiger partial charge in [-0.1, -0.05) is 44.8 Å². The molecule has 1 nitrogen and oxygen atoms in total. The van der Waals surface area contributed by atoms with Crippen molar-refractivity contribution in [3.05, 3.63) is 47.6 Å². The minimum Gasteiger partial charge on any atom is -0.315 e. The summed E-state index contributed by atoms with van der Waals surface area (Å²) >= 11 is 1.65. The maximum atomic E-state index is 3.89. The van der Waals surface area contributed by atoms with E-state index in [-0.39, 0.29) is 0 Å². The summed E-state index contributed by atoms with van der Waals surface area (Å²) in [6.07, 6.45) is 5.61. The lowest BCUT2D eigenvalue weighted by Crippen LogP contribution is -2.05. The van der Waals surface area contributed by atoms with Crippen LogP contribution in [0.15, 0.2) is 47.6 Å². The molecule has 0 saturated heterocycles. The standard InChI is InChI=1S/C9H11NS.C2H6/c1-4-5-6-10-8(2)7-11-9(10)3;1-2/h4-7H,1,3H2,2H3;1-2H3/b6-5-;. The Hall–Kier alpha value is -0.890. The average Bonchev–Trinajstić information content (AvgIpc) is 2.47. The molecule has 0 fully saturated rings. The quantitative estimate of drug-likeness (QED) is 0.610. The minimum absolute atomic E-state index is 1.04. The Morgan fingerprint density at radius 3 is 2.46 bits per heavy atom. The molecule has 0 unspecified atom stereocenters. The van der Waals surface area contributed by atoms with Crippen LogP contribution in [0.4, 0.5) is 0 Å². The third-order valence-electron chi connectivity index (χ3n) is 1.39. The Balaban J connectivity index is 0.000000671. The van der Waals surface area contributed by atoms with Crippen LogP contribution < -0.4 is 0 Å².